The van der Waals surface area contributed by atoms with Crippen molar-refractivity contribution in [2.75, 3.05) is 59.7 Å². The van der Waals surface area contributed by atoms with Crippen LogP contribution in [0.1, 0.15) is 43.8 Å². The largest absolute Gasteiger partial charge is 0.453 e. The lowest BCUT2D eigenvalue weighted by Gasteiger charge is -2.34. The summed E-state index contributed by atoms with van der Waals surface area (Å²) in [6, 6.07) is 7.36. The van der Waals surface area contributed by atoms with E-state index in [4.69, 9.17) is 26.8 Å². The van der Waals surface area contributed by atoms with Gasteiger partial charge in [0.25, 0.3) is 0 Å². The van der Waals surface area contributed by atoms with Crippen LogP contribution in [0, 0.1) is 17.8 Å². The number of likely N-dealkylation sites (tertiary alicyclic amines) is 1. The highest BCUT2D eigenvalue weighted by Gasteiger charge is 2.26. The Labute approximate surface area is 219 Å². The second kappa shape index (κ2) is 15.2. The summed E-state index contributed by atoms with van der Waals surface area (Å²) < 4.78 is 16.5. The summed E-state index contributed by atoms with van der Waals surface area (Å²) in [5, 5.41) is 6.41. The van der Waals surface area contributed by atoms with Crippen molar-refractivity contribution in [3.63, 3.8) is 0 Å². The van der Waals surface area contributed by atoms with Crippen LogP contribution in [0.4, 0.5) is 9.59 Å². The number of halogens is 1. The number of piperidine rings is 1. The molecule has 0 bridgehead atoms. The fourth-order valence-electron chi connectivity index (χ4n) is 4.94. The first-order chi connectivity index (χ1) is 17.5. The van der Waals surface area contributed by atoms with Gasteiger partial charge in [-0.25, -0.2) is 9.59 Å². The van der Waals surface area contributed by atoms with Gasteiger partial charge in [0.15, 0.2) is 0 Å². The monoisotopic (exact) mass is 524 g/mol. The van der Waals surface area contributed by atoms with Crippen molar-refractivity contribution in [2.45, 2.75) is 38.2 Å². The summed E-state index contributed by atoms with van der Waals surface area (Å²) in [7, 11) is 1.33. The second-order valence-corrected chi connectivity index (χ2v) is 10.2. The zero-order valence-corrected chi connectivity index (χ0v) is 22.0. The third kappa shape index (κ3) is 9.42. The molecule has 10 heteroatoms. The van der Waals surface area contributed by atoms with Gasteiger partial charge in [-0.2, -0.15) is 0 Å². The van der Waals surface area contributed by atoms with Crippen molar-refractivity contribution >= 4 is 23.7 Å². The number of nitrogens with two attached hydrogens (primary N) is 1. The van der Waals surface area contributed by atoms with Crippen LogP contribution < -0.4 is 16.4 Å². The number of alkyl carbamates (subject to hydrolysis) is 1. The minimum atomic E-state index is -0.516. The molecule has 2 saturated heterocycles. The first-order valence-corrected chi connectivity index (χ1v) is 13.4. The minimum Gasteiger partial charge on any atom is -0.453 e. The quantitative estimate of drug-likeness (QED) is 0.407. The van der Waals surface area contributed by atoms with Crippen LogP contribution in [0.2, 0.25) is 5.02 Å². The maximum atomic E-state index is 12.9. The van der Waals surface area contributed by atoms with Crippen LogP contribution in [0.3, 0.4) is 0 Å². The topological polar surface area (TPSA) is 115 Å². The first-order valence-electron chi connectivity index (χ1n) is 13.0. The molecule has 2 aliphatic heterocycles. The standard InChI is InChI=1S/C26H41ClN4O5/c1-34-26(33)30-15-24(22-7-2-8-23(27)12-22)36-18-20-5-3-9-31(16-20)25(32)29-14-21(13-28)11-19-6-4-10-35-17-19/h2,7-8,12,19-21,24H,3-6,9-11,13-18,28H2,1H3,(H,29,32)(H,30,33)/t19-,20-,21+,24+/m1/s1. The number of nitrogens with zero attached hydrogens (tertiary/aromatic N) is 1. The molecule has 1 aromatic carbocycles. The predicted molar refractivity (Wildman–Crippen MR) is 139 cm³/mol. The number of urea groups is 1. The van der Waals surface area contributed by atoms with E-state index in [0.29, 0.717) is 37.2 Å². The summed E-state index contributed by atoms with van der Waals surface area (Å²) in [6.45, 7) is 4.87. The molecule has 3 rings (SSSR count). The maximum absolute atomic E-state index is 12.9. The number of ether oxygens (including phenoxy) is 3. The van der Waals surface area contributed by atoms with Crippen LogP contribution in [0.5, 0.6) is 0 Å². The number of hydrogen-bond donors (Lipinski definition) is 3. The van der Waals surface area contributed by atoms with Crippen LogP contribution in [-0.2, 0) is 14.2 Å². The summed E-state index contributed by atoms with van der Waals surface area (Å²) in [4.78, 5) is 26.4. The molecule has 1 aromatic rings. The molecule has 9 nitrogen and oxygen atoms in total. The molecule has 0 unspecified atom stereocenters. The van der Waals surface area contributed by atoms with Gasteiger partial charge in [0.05, 0.1) is 26.4 Å². The van der Waals surface area contributed by atoms with Gasteiger partial charge in [-0.3, -0.25) is 0 Å². The number of carbonyl (C=O) groups is 2. The fourth-order valence-corrected chi connectivity index (χ4v) is 5.14. The summed E-state index contributed by atoms with van der Waals surface area (Å²) in [5.41, 5.74) is 6.86. The van der Waals surface area contributed by atoms with E-state index >= 15 is 0 Å². The average molecular weight is 525 g/mol. The van der Waals surface area contributed by atoms with Crippen molar-refractivity contribution in [2.24, 2.45) is 23.5 Å². The lowest BCUT2D eigenvalue weighted by Crippen LogP contribution is -2.48. The third-order valence-corrected chi connectivity index (χ3v) is 7.21. The van der Waals surface area contributed by atoms with E-state index in [2.05, 4.69) is 15.4 Å². The number of amides is 3. The summed E-state index contributed by atoms with van der Waals surface area (Å²) in [5.74, 6) is 0.987. The van der Waals surface area contributed by atoms with E-state index in [1.54, 1.807) is 6.07 Å². The summed E-state index contributed by atoms with van der Waals surface area (Å²) >= 11 is 6.17. The normalized spacial score (nSPS) is 21.9. The zero-order valence-electron chi connectivity index (χ0n) is 21.3. The van der Waals surface area contributed by atoms with Gasteiger partial charge in [0.2, 0.25) is 0 Å². The van der Waals surface area contributed by atoms with Crippen LogP contribution in [-0.4, -0.2) is 76.7 Å². The third-order valence-electron chi connectivity index (χ3n) is 6.97. The lowest BCUT2D eigenvalue weighted by atomic mass is 9.90. The van der Waals surface area contributed by atoms with Gasteiger partial charge in [0.1, 0.15) is 0 Å². The molecule has 4 atom stereocenters. The molecule has 4 N–H and O–H groups in total. The second-order valence-electron chi connectivity index (χ2n) is 9.81. The number of hydrogen-bond acceptors (Lipinski definition) is 6. The van der Waals surface area contributed by atoms with E-state index in [0.717, 1.165) is 51.0 Å². The Kier molecular flexibility index (Phi) is 12.1. The highest BCUT2D eigenvalue weighted by molar-refractivity contribution is 6.30. The van der Waals surface area contributed by atoms with E-state index in [1.165, 1.54) is 13.5 Å². The molecule has 0 saturated carbocycles. The zero-order chi connectivity index (χ0) is 25.8. The van der Waals surface area contributed by atoms with Gasteiger partial charge < -0.3 is 35.5 Å². The Morgan fingerprint density at radius 3 is 2.78 bits per heavy atom. The summed E-state index contributed by atoms with van der Waals surface area (Å²) in [6.07, 6.45) is 4.26. The fraction of sp³-hybridized carbons (Fsp3) is 0.692. The van der Waals surface area contributed by atoms with Crippen molar-refractivity contribution in [3.8, 4) is 0 Å². The van der Waals surface area contributed by atoms with Crippen molar-refractivity contribution in [3.05, 3.63) is 34.9 Å². The van der Waals surface area contributed by atoms with Crippen LogP contribution in [0.25, 0.3) is 0 Å². The molecule has 2 heterocycles. The molecule has 2 aliphatic rings. The van der Waals surface area contributed by atoms with Gasteiger partial charge in [-0.1, -0.05) is 23.7 Å². The van der Waals surface area contributed by atoms with Gasteiger partial charge in [-0.05, 0) is 68.2 Å². The number of carbonyl (C=O) groups excluding carboxylic acids is 2. The molecule has 36 heavy (non-hydrogen) atoms. The van der Waals surface area contributed by atoms with E-state index in [-0.39, 0.29) is 30.5 Å². The molecular formula is C26H41ClN4O5. The van der Waals surface area contributed by atoms with Crippen LogP contribution in [0.15, 0.2) is 24.3 Å². The highest BCUT2D eigenvalue weighted by atomic mass is 35.5. The van der Waals surface area contributed by atoms with Gasteiger partial charge in [0, 0.05) is 43.8 Å². The smallest absolute Gasteiger partial charge is 0.406 e. The molecular weight excluding hydrogens is 484 g/mol. The Morgan fingerprint density at radius 1 is 1.22 bits per heavy atom. The number of benzene rings is 1. The van der Waals surface area contributed by atoms with Crippen molar-refractivity contribution in [1.82, 2.24) is 15.5 Å². The Hall–Kier alpha value is -2.07. The molecule has 0 spiro atoms. The van der Waals surface area contributed by atoms with Crippen LogP contribution >= 0.6 is 11.6 Å². The van der Waals surface area contributed by atoms with Crippen molar-refractivity contribution in [1.29, 1.82) is 0 Å². The number of nitrogens with one attached hydrogen (secondary N) is 2. The Balaban J connectivity index is 1.47. The predicted octanol–water partition coefficient (Wildman–Crippen LogP) is 3.57. The van der Waals surface area contributed by atoms with Gasteiger partial charge >= 0.3 is 12.1 Å². The number of rotatable bonds is 11. The highest BCUT2D eigenvalue weighted by Crippen LogP contribution is 2.25. The molecule has 3 amide bonds. The molecule has 0 radical (unpaired) electrons. The molecule has 2 fully saturated rings. The Morgan fingerprint density at radius 2 is 2.06 bits per heavy atom. The number of methoxy groups -OCH3 is 1. The maximum Gasteiger partial charge on any atom is 0.406 e. The molecule has 0 aromatic heterocycles. The van der Waals surface area contributed by atoms with E-state index < -0.39 is 6.09 Å². The molecule has 0 aliphatic carbocycles. The van der Waals surface area contributed by atoms with Gasteiger partial charge in [-0.15, -0.1) is 0 Å². The average Bonchev–Trinajstić information content (AvgIpc) is 2.91. The van der Waals surface area contributed by atoms with E-state index in [1.807, 2.05) is 23.1 Å². The Bertz CT molecular complexity index is 823. The minimum absolute atomic E-state index is 0.0446. The first kappa shape index (κ1) is 28.5. The molecule has 202 valence electrons. The SMILES string of the molecule is COC(=O)NC[C@H](OC[C@@H]1CCCN(C(=O)NC[C@H](CN)C[C@H]2CCCOC2)C1)c1cccc(Cl)c1. The van der Waals surface area contributed by atoms with E-state index in [9.17, 15) is 9.59 Å². The van der Waals surface area contributed by atoms with Crippen molar-refractivity contribution < 1.29 is 23.8 Å². The lowest BCUT2D eigenvalue weighted by molar-refractivity contribution is 0.0127.